The van der Waals surface area contributed by atoms with Crippen LogP contribution in [0.3, 0.4) is 0 Å². The summed E-state index contributed by atoms with van der Waals surface area (Å²) in [5.41, 5.74) is 1.43. The molecule has 0 N–H and O–H groups in total. The number of aromatic nitrogens is 1. The number of hydrogen-bond acceptors (Lipinski definition) is 3. The van der Waals surface area contributed by atoms with E-state index >= 15 is 0 Å². The fourth-order valence-corrected chi connectivity index (χ4v) is 1.18. The normalized spacial score (nSPS) is 9.92. The smallest absolute Gasteiger partial charge is 0.258 e. The van der Waals surface area contributed by atoms with E-state index in [0.717, 1.165) is 5.69 Å². The molecule has 1 heterocycles. The lowest BCUT2D eigenvalue weighted by Crippen LogP contribution is -1.95. The number of nitrogens with zero attached hydrogens (tertiary/aromatic N) is 2. The topological polar surface area (TPSA) is 56.0 Å². The Balaban J connectivity index is 3.36. The van der Waals surface area contributed by atoms with E-state index in [9.17, 15) is 10.1 Å². The standard InChI is InChI=1S/C7H7BrN2O2/c1-4-6(10(11)12)3-9-5(2)7(4)8/h3H,1-2H3. The monoisotopic (exact) mass is 230 g/mol. The number of aryl methyl sites for hydroxylation is 1. The second-order valence-corrected chi connectivity index (χ2v) is 3.22. The van der Waals surface area contributed by atoms with Gasteiger partial charge in [0.15, 0.2) is 0 Å². The van der Waals surface area contributed by atoms with Gasteiger partial charge in [-0.25, -0.2) is 0 Å². The third kappa shape index (κ3) is 1.45. The molecule has 12 heavy (non-hydrogen) atoms. The van der Waals surface area contributed by atoms with Crippen LogP contribution in [0.4, 0.5) is 5.69 Å². The molecule has 0 bridgehead atoms. The lowest BCUT2D eigenvalue weighted by atomic mass is 10.2. The van der Waals surface area contributed by atoms with Gasteiger partial charge in [-0.2, -0.15) is 0 Å². The summed E-state index contributed by atoms with van der Waals surface area (Å²) in [7, 11) is 0. The zero-order valence-corrected chi connectivity index (χ0v) is 8.25. The van der Waals surface area contributed by atoms with Crippen LogP contribution in [-0.4, -0.2) is 9.91 Å². The highest BCUT2D eigenvalue weighted by Crippen LogP contribution is 2.26. The molecule has 0 saturated heterocycles. The van der Waals surface area contributed by atoms with Crippen LogP contribution < -0.4 is 0 Å². The molecular formula is C7H7BrN2O2. The summed E-state index contributed by atoms with van der Waals surface area (Å²) in [5.74, 6) is 0. The van der Waals surface area contributed by atoms with Gasteiger partial charge in [0, 0.05) is 10.0 Å². The lowest BCUT2D eigenvalue weighted by Gasteiger charge is -2.01. The Morgan fingerprint density at radius 3 is 2.67 bits per heavy atom. The fourth-order valence-electron chi connectivity index (χ4n) is 0.879. The minimum Gasteiger partial charge on any atom is -0.258 e. The molecule has 0 unspecified atom stereocenters. The van der Waals surface area contributed by atoms with Crippen LogP contribution in [0.1, 0.15) is 11.3 Å². The molecule has 0 saturated carbocycles. The number of halogens is 1. The first-order valence-corrected chi connectivity index (χ1v) is 4.09. The van der Waals surface area contributed by atoms with Gasteiger partial charge in [0.25, 0.3) is 5.69 Å². The average molecular weight is 231 g/mol. The molecule has 0 aliphatic rings. The quantitative estimate of drug-likeness (QED) is 0.550. The molecule has 0 amide bonds. The third-order valence-electron chi connectivity index (χ3n) is 1.61. The Labute approximate surface area is 77.9 Å². The van der Waals surface area contributed by atoms with Crippen molar-refractivity contribution in [3.05, 3.63) is 32.0 Å². The van der Waals surface area contributed by atoms with Gasteiger partial charge in [0.1, 0.15) is 6.20 Å². The molecule has 64 valence electrons. The van der Waals surface area contributed by atoms with Gasteiger partial charge in [0.05, 0.1) is 10.6 Å². The minimum absolute atomic E-state index is 0.0486. The highest BCUT2D eigenvalue weighted by molar-refractivity contribution is 9.10. The Kier molecular flexibility index (Phi) is 2.42. The lowest BCUT2D eigenvalue weighted by molar-refractivity contribution is -0.385. The van der Waals surface area contributed by atoms with E-state index in [4.69, 9.17) is 0 Å². The van der Waals surface area contributed by atoms with Gasteiger partial charge in [-0.3, -0.25) is 15.1 Å². The van der Waals surface area contributed by atoms with Crippen molar-refractivity contribution in [1.82, 2.24) is 4.98 Å². The molecule has 0 spiro atoms. The molecule has 0 radical (unpaired) electrons. The predicted molar refractivity (Wildman–Crippen MR) is 48.1 cm³/mol. The van der Waals surface area contributed by atoms with Crippen molar-refractivity contribution in [1.29, 1.82) is 0 Å². The summed E-state index contributed by atoms with van der Waals surface area (Å²) in [6.45, 7) is 3.48. The Bertz CT molecular complexity index is 338. The van der Waals surface area contributed by atoms with Crippen molar-refractivity contribution >= 4 is 21.6 Å². The molecule has 1 aromatic heterocycles. The molecule has 5 heteroatoms. The Morgan fingerprint density at radius 2 is 2.17 bits per heavy atom. The number of pyridine rings is 1. The fraction of sp³-hybridized carbons (Fsp3) is 0.286. The van der Waals surface area contributed by atoms with Crippen LogP contribution >= 0.6 is 15.9 Å². The summed E-state index contributed by atoms with van der Waals surface area (Å²) in [4.78, 5) is 13.9. The van der Waals surface area contributed by atoms with Gasteiger partial charge >= 0.3 is 0 Å². The van der Waals surface area contributed by atoms with Crippen LogP contribution in [0.5, 0.6) is 0 Å². The maximum absolute atomic E-state index is 10.4. The number of hydrogen-bond donors (Lipinski definition) is 0. The molecule has 0 aliphatic heterocycles. The molecule has 4 nitrogen and oxygen atoms in total. The van der Waals surface area contributed by atoms with Crippen molar-refractivity contribution in [2.24, 2.45) is 0 Å². The Hall–Kier alpha value is -0.970. The highest BCUT2D eigenvalue weighted by Gasteiger charge is 2.14. The van der Waals surface area contributed by atoms with Crippen molar-refractivity contribution in [3.63, 3.8) is 0 Å². The zero-order valence-electron chi connectivity index (χ0n) is 6.67. The van der Waals surface area contributed by atoms with Crippen molar-refractivity contribution in [2.75, 3.05) is 0 Å². The first-order valence-electron chi connectivity index (χ1n) is 3.30. The van der Waals surface area contributed by atoms with Gasteiger partial charge in [0.2, 0.25) is 0 Å². The predicted octanol–water partition coefficient (Wildman–Crippen LogP) is 2.37. The van der Waals surface area contributed by atoms with E-state index in [-0.39, 0.29) is 5.69 Å². The van der Waals surface area contributed by atoms with Crippen molar-refractivity contribution in [3.8, 4) is 0 Å². The summed E-state index contributed by atoms with van der Waals surface area (Å²) in [6.07, 6.45) is 1.27. The summed E-state index contributed by atoms with van der Waals surface area (Å²) in [5, 5.41) is 10.4. The van der Waals surface area contributed by atoms with E-state index in [1.165, 1.54) is 6.20 Å². The molecule has 0 aromatic carbocycles. The Morgan fingerprint density at radius 1 is 1.58 bits per heavy atom. The van der Waals surface area contributed by atoms with Crippen LogP contribution in [-0.2, 0) is 0 Å². The van der Waals surface area contributed by atoms with Crippen LogP contribution in [0, 0.1) is 24.0 Å². The molecule has 0 atom stereocenters. The van der Waals surface area contributed by atoms with Gasteiger partial charge < -0.3 is 0 Å². The van der Waals surface area contributed by atoms with E-state index in [1.807, 2.05) is 0 Å². The SMILES string of the molecule is Cc1ncc([N+](=O)[O-])c(C)c1Br. The minimum atomic E-state index is -0.438. The van der Waals surface area contributed by atoms with Gasteiger partial charge in [-0.15, -0.1) is 0 Å². The van der Waals surface area contributed by atoms with Crippen molar-refractivity contribution in [2.45, 2.75) is 13.8 Å². The van der Waals surface area contributed by atoms with E-state index in [2.05, 4.69) is 20.9 Å². The van der Waals surface area contributed by atoms with Crippen molar-refractivity contribution < 1.29 is 4.92 Å². The number of rotatable bonds is 1. The zero-order chi connectivity index (χ0) is 9.30. The second-order valence-electron chi connectivity index (χ2n) is 2.42. The third-order valence-corrected chi connectivity index (χ3v) is 2.78. The number of nitro groups is 1. The maximum atomic E-state index is 10.4. The van der Waals surface area contributed by atoms with E-state index in [1.54, 1.807) is 13.8 Å². The summed E-state index contributed by atoms with van der Waals surface area (Å²) >= 11 is 3.23. The first-order chi connectivity index (χ1) is 5.54. The van der Waals surface area contributed by atoms with E-state index < -0.39 is 4.92 Å². The van der Waals surface area contributed by atoms with Crippen LogP contribution in [0.2, 0.25) is 0 Å². The first kappa shape index (κ1) is 9.12. The van der Waals surface area contributed by atoms with Crippen LogP contribution in [0.25, 0.3) is 0 Å². The van der Waals surface area contributed by atoms with Gasteiger partial charge in [-0.1, -0.05) is 0 Å². The summed E-state index contributed by atoms with van der Waals surface area (Å²) < 4.78 is 0.705. The molecule has 0 fully saturated rings. The molecular weight excluding hydrogens is 224 g/mol. The summed E-state index contributed by atoms with van der Waals surface area (Å²) in [6, 6.07) is 0. The second kappa shape index (κ2) is 3.18. The largest absolute Gasteiger partial charge is 0.291 e. The molecule has 1 rings (SSSR count). The maximum Gasteiger partial charge on any atom is 0.291 e. The average Bonchev–Trinajstić information content (AvgIpc) is 2.00. The molecule has 1 aromatic rings. The van der Waals surface area contributed by atoms with Crippen LogP contribution in [0.15, 0.2) is 10.7 Å². The highest BCUT2D eigenvalue weighted by atomic mass is 79.9. The van der Waals surface area contributed by atoms with Gasteiger partial charge in [-0.05, 0) is 29.8 Å². The van der Waals surface area contributed by atoms with E-state index in [0.29, 0.717) is 10.0 Å². The molecule has 0 aliphatic carbocycles.